The smallest absolute Gasteiger partial charge is 0.240 e. The molecule has 1 heterocycles. The van der Waals surface area contributed by atoms with Crippen molar-refractivity contribution < 1.29 is 8.42 Å². The highest BCUT2D eigenvalue weighted by atomic mass is 35.5. The van der Waals surface area contributed by atoms with E-state index in [0.29, 0.717) is 4.90 Å². The van der Waals surface area contributed by atoms with E-state index in [-0.39, 0.29) is 30.9 Å². The van der Waals surface area contributed by atoms with Gasteiger partial charge in [0.1, 0.15) is 0 Å². The Balaban J connectivity index is 0.00000182. The van der Waals surface area contributed by atoms with Crippen molar-refractivity contribution in [2.75, 3.05) is 25.5 Å². The van der Waals surface area contributed by atoms with E-state index >= 15 is 0 Å². The minimum Gasteiger partial charge on any atom is -0.388 e. The van der Waals surface area contributed by atoms with Crippen molar-refractivity contribution >= 4 is 40.5 Å². The van der Waals surface area contributed by atoms with Crippen LogP contribution in [-0.4, -0.2) is 39.5 Å². The average molecular weight is 432 g/mol. The lowest BCUT2D eigenvalue weighted by molar-refractivity contribution is 0.200. The topological polar surface area (TPSA) is 61.4 Å². The molecule has 1 aliphatic heterocycles. The van der Waals surface area contributed by atoms with Crippen LogP contribution in [0, 0.1) is 0 Å². The molecule has 0 amide bonds. The minimum absolute atomic E-state index is 0. The maximum Gasteiger partial charge on any atom is 0.240 e. The quantitative estimate of drug-likeness (QED) is 0.734. The summed E-state index contributed by atoms with van der Waals surface area (Å²) in [6.45, 7) is 2.73. The predicted molar refractivity (Wildman–Crippen MR) is 116 cm³/mol. The zero-order valence-electron chi connectivity index (χ0n) is 15.3. The fourth-order valence-corrected chi connectivity index (χ4v) is 4.44. The lowest BCUT2D eigenvalue weighted by atomic mass is 10.1. The Labute approximate surface area is 174 Å². The first-order valence-electron chi connectivity index (χ1n) is 8.63. The summed E-state index contributed by atoms with van der Waals surface area (Å²) in [5.41, 5.74) is 2.19. The van der Waals surface area contributed by atoms with E-state index in [1.165, 1.54) is 5.56 Å². The lowest BCUT2D eigenvalue weighted by Crippen LogP contribution is -2.44. The first-order valence-corrected chi connectivity index (χ1v) is 10.1. The van der Waals surface area contributed by atoms with Crippen LogP contribution in [0.3, 0.4) is 0 Å². The third kappa shape index (κ3) is 6.66. The maximum atomic E-state index is 12.5. The SMILES string of the molecule is CNc1ccc(S(=O)(=O)NC2CCN(Cc3ccccc3)CC2)cc1.Cl.Cl. The summed E-state index contributed by atoms with van der Waals surface area (Å²) in [5.74, 6) is 0. The highest BCUT2D eigenvalue weighted by Crippen LogP contribution is 2.18. The zero-order chi connectivity index (χ0) is 17.7. The molecule has 3 rings (SSSR count). The summed E-state index contributed by atoms with van der Waals surface area (Å²) >= 11 is 0. The summed E-state index contributed by atoms with van der Waals surface area (Å²) in [5, 5.41) is 2.99. The van der Waals surface area contributed by atoms with Crippen molar-refractivity contribution in [1.29, 1.82) is 0 Å². The average Bonchev–Trinajstić information content (AvgIpc) is 2.64. The number of benzene rings is 2. The first-order chi connectivity index (χ1) is 12.1. The Kier molecular flexibility index (Phi) is 9.56. The van der Waals surface area contributed by atoms with Gasteiger partial charge in [-0.3, -0.25) is 4.90 Å². The molecule has 27 heavy (non-hydrogen) atoms. The predicted octanol–water partition coefficient (Wildman–Crippen LogP) is 3.51. The van der Waals surface area contributed by atoms with Crippen molar-refractivity contribution in [3.63, 3.8) is 0 Å². The monoisotopic (exact) mass is 431 g/mol. The van der Waals surface area contributed by atoms with Crippen LogP contribution in [0.2, 0.25) is 0 Å². The van der Waals surface area contributed by atoms with Crippen molar-refractivity contribution in [1.82, 2.24) is 9.62 Å². The molecule has 0 aromatic heterocycles. The second-order valence-corrected chi connectivity index (χ2v) is 8.15. The van der Waals surface area contributed by atoms with Gasteiger partial charge >= 0.3 is 0 Å². The Morgan fingerprint density at radius 2 is 1.56 bits per heavy atom. The molecule has 1 fully saturated rings. The van der Waals surface area contributed by atoms with Gasteiger partial charge in [-0.15, -0.1) is 24.8 Å². The number of nitrogens with one attached hydrogen (secondary N) is 2. The molecular formula is C19H27Cl2N3O2S. The van der Waals surface area contributed by atoms with Crippen LogP contribution >= 0.6 is 24.8 Å². The van der Waals surface area contributed by atoms with Gasteiger partial charge in [0.05, 0.1) is 4.90 Å². The van der Waals surface area contributed by atoms with Crippen LogP contribution in [0.5, 0.6) is 0 Å². The van der Waals surface area contributed by atoms with Gasteiger partial charge in [-0.1, -0.05) is 30.3 Å². The fraction of sp³-hybridized carbons (Fsp3) is 0.368. The molecule has 2 aromatic rings. The van der Waals surface area contributed by atoms with Gasteiger partial charge in [-0.25, -0.2) is 13.1 Å². The Bertz CT molecular complexity index is 778. The van der Waals surface area contributed by atoms with E-state index in [1.54, 1.807) is 24.3 Å². The summed E-state index contributed by atoms with van der Waals surface area (Å²) in [7, 11) is -1.65. The zero-order valence-corrected chi connectivity index (χ0v) is 17.7. The number of rotatable bonds is 6. The summed E-state index contributed by atoms with van der Waals surface area (Å²) < 4.78 is 27.9. The van der Waals surface area contributed by atoms with Crippen LogP contribution in [0.25, 0.3) is 0 Å². The first kappa shape index (κ1) is 23.7. The molecule has 1 saturated heterocycles. The molecule has 8 heteroatoms. The molecule has 5 nitrogen and oxygen atoms in total. The molecular weight excluding hydrogens is 405 g/mol. The van der Waals surface area contributed by atoms with Gasteiger partial charge in [-0.05, 0) is 42.7 Å². The van der Waals surface area contributed by atoms with Crippen LogP contribution in [0.15, 0.2) is 59.5 Å². The molecule has 150 valence electrons. The molecule has 0 aliphatic carbocycles. The van der Waals surface area contributed by atoms with Gasteiger partial charge in [0.2, 0.25) is 10.0 Å². The molecule has 0 bridgehead atoms. The van der Waals surface area contributed by atoms with E-state index in [9.17, 15) is 8.42 Å². The maximum absolute atomic E-state index is 12.5. The normalized spacial score (nSPS) is 15.4. The summed E-state index contributed by atoms with van der Waals surface area (Å²) in [6.07, 6.45) is 1.67. The molecule has 0 saturated carbocycles. The second kappa shape index (κ2) is 10.9. The number of sulfonamides is 1. The van der Waals surface area contributed by atoms with E-state index in [1.807, 2.05) is 13.1 Å². The minimum atomic E-state index is -3.46. The van der Waals surface area contributed by atoms with Crippen molar-refractivity contribution in [2.24, 2.45) is 0 Å². The summed E-state index contributed by atoms with van der Waals surface area (Å²) in [4.78, 5) is 2.69. The largest absolute Gasteiger partial charge is 0.388 e. The molecule has 0 spiro atoms. The number of hydrogen-bond donors (Lipinski definition) is 2. The molecule has 2 aromatic carbocycles. The second-order valence-electron chi connectivity index (χ2n) is 6.43. The lowest BCUT2D eigenvalue weighted by Gasteiger charge is -2.32. The third-order valence-electron chi connectivity index (χ3n) is 4.61. The number of piperidine rings is 1. The Morgan fingerprint density at radius 3 is 2.11 bits per heavy atom. The van der Waals surface area contributed by atoms with Crippen LogP contribution in [-0.2, 0) is 16.6 Å². The van der Waals surface area contributed by atoms with Gasteiger partial charge in [0, 0.05) is 38.4 Å². The van der Waals surface area contributed by atoms with Crippen LogP contribution < -0.4 is 10.0 Å². The Hall–Kier alpha value is -1.31. The van der Waals surface area contributed by atoms with Gasteiger partial charge in [0.15, 0.2) is 0 Å². The number of nitrogens with zero attached hydrogens (tertiary/aromatic N) is 1. The molecule has 0 atom stereocenters. The molecule has 0 radical (unpaired) electrons. The number of halogens is 2. The number of anilines is 1. The number of likely N-dealkylation sites (tertiary alicyclic amines) is 1. The number of hydrogen-bond acceptors (Lipinski definition) is 4. The van der Waals surface area contributed by atoms with Crippen molar-refractivity contribution in [2.45, 2.75) is 30.3 Å². The van der Waals surface area contributed by atoms with E-state index < -0.39 is 10.0 Å². The molecule has 1 aliphatic rings. The van der Waals surface area contributed by atoms with E-state index in [2.05, 4.69) is 39.2 Å². The highest BCUT2D eigenvalue weighted by Gasteiger charge is 2.24. The summed E-state index contributed by atoms with van der Waals surface area (Å²) in [6, 6.07) is 17.2. The van der Waals surface area contributed by atoms with Crippen LogP contribution in [0.1, 0.15) is 18.4 Å². The van der Waals surface area contributed by atoms with Gasteiger partial charge < -0.3 is 5.32 Å². The van der Waals surface area contributed by atoms with E-state index in [4.69, 9.17) is 0 Å². The standard InChI is InChI=1S/C19H25N3O2S.2ClH/c1-20-17-7-9-19(10-8-17)25(23,24)21-18-11-13-22(14-12-18)15-16-5-3-2-4-6-16;;/h2-10,18,20-21H,11-15H2,1H3;2*1H. The van der Waals surface area contributed by atoms with Gasteiger partial charge in [0.25, 0.3) is 0 Å². The molecule has 2 N–H and O–H groups in total. The highest BCUT2D eigenvalue weighted by molar-refractivity contribution is 7.89. The Morgan fingerprint density at radius 1 is 0.963 bits per heavy atom. The van der Waals surface area contributed by atoms with Crippen molar-refractivity contribution in [3.8, 4) is 0 Å². The van der Waals surface area contributed by atoms with Gasteiger partial charge in [-0.2, -0.15) is 0 Å². The molecule has 0 unspecified atom stereocenters. The van der Waals surface area contributed by atoms with Crippen molar-refractivity contribution in [3.05, 3.63) is 60.2 Å². The third-order valence-corrected chi connectivity index (χ3v) is 6.15. The fourth-order valence-electron chi connectivity index (χ4n) is 3.14. The van der Waals surface area contributed by atoms with E-state index in [0.717, 1.165) is 38.2 Å². The van der Waals surface area contributed by atoms with Crippen LogP contribution in [0.4, 0.5) is 5.69 Å².